The summed E-state index contributed by atoms with van der Waals surface area (Å²) in [7, 11) is 0. The molecule has 0 aromatic carbocycles. The maximum atomic E-state index is 11.9. The van der Waals surface area contributed by atoms with Crippen LogP contribution >= 0.6 is 24.2 Å². The fraction of sp³-hybridized carbons (Fsp3) is 0.900. The Labute approximate surface area is 102 Å². The van der Waals surface area contributed by atoms with Gasteiger partial charge in [-0.25, -0.2) is 0 Å². The summed E-state index contributed by atoms with van der Waals surface area (Å²) < 4.78 is 0. The van der Waals surface area contributed by atoms with E-state index in [9.17, 15) is 4.79 Å². The Balaban J connectivity index is 0.00000112. The minimum atomic E-state index is 0. The van der Waals surface area contributed by atoms with E-state index >= 15 is 0 Å². The average Bonchev–Trinajstić information content (AvgIpc) is 2.70. The van der Waals surface area contributed by atoms with E-state index in [1.165, 1.54) is 6.42 Å². The number of rotatable bonds is 3. The molecule has 0 spiro atoms. The smallest absolute Gasteiger partial charge is 0.233 e. The highest BCUT2D eigenvalue weighted by Gasteiger charge is 2.46. The first-order valence-corrected chi connectivity index (χ1v) is 6.54. The maximum absolute atomic E-state index is 11.9. The summed E-state index contributed by atoms with van der Waals surface area (Å²) >= 11 is 1.70. The molecule has 2 aliphatic rings. The van der Waals surface area contributed by atoms with Crippen LogP contribution in [0.3, 0.4) is 0 Å². The lowest BCUT2D eigenvalue weighted by atomic mass is 9.97. The molecule has 0 unspecified atom stereocenters. The van der Waals surface area contributed by atoms with Crippen LogP contribution in [0.15, 0.2) is 0 Å². The molecule has 3 nitrogen and oxygen atoms in total. The third-order valence-electron chi connectivity index (χ3n) is 3.30. The molecule has 0 saturated carbocycles. The molecule has 0 radical (unpaired) electrons. The van der Waals surface area contributed by atoms with Crippen molar-refractivity contribution in [3.8, 4) is 0 Å². The summed E-state index contributed by atoms with van der Waals surface area (Å²) in [5.74, 6) is 1.95. The molecule has 15 heavy (non-hydrogen) atoms. The normalized spacial score (nSPS) is 32.9. The van der Waals surface area contributed by atoms with Crippen molar-refractivity contribution in [3.05, 3.63) is 0 Å². The van der Waals surface area contributed by atoms with Gasteiger partial charge < -0.3 is 10.6 Å². The number of halogens is 1. The van der Waals surface area contributed by atoms with Gasteiger partial charge in [-0.3, -0.25) is 4.79 Å². The van der Waals surface area contributed by atoms with Crippen molar-refractivity contribution in [2.24, 2.45) is 5.73 Å². The van der Waals surface area contributed by atoms with Gasteiger partial charge >= 0.3 is 0 Å². The third-order valence-corrected chi connectivity index (χ3v) is 4.16. The molecule has 0 aliphatic carbocycles. The molecule has 5 heteroatoms. The fourth-order valence-corrected chi connectivity index (χ4v) is 3.22. The highest BCUT2D eigenvalue weighted by molar-refractivity contribution is 7.99. The van der Waals surface area contributed by atoms with Gasteiger partial charge in [-0.1, -0.05) is 6.92 Å². The van der Waals surface area contributed by atoms with Crippen LogP contribution in [0, 0.1) is 0 Å². The number of carbonyl (C=O) groups excluding carboxylic acids is 1. The van der Waals surface area contributed by atoms with Crippen LogP contribution in [-0.4, -0.2) is 40.4 Å². The number of nitrogens with zero attached hydrogens (tertiary/aromatic N) is 1. The van der Waals surface area contributed by atoms with Crippen LogP contribution in [0.2, 0.25) is 0 Å². The Morgan fingerprint density at radius 3 is 2.73 bits per heavy atom. The molecule has 2 rings (SSSR count). The Hall–Kier alpha value is 0.0700. The molecular formula is C10H19ClN2OS. The zero-order valence-electron chi connectivity index (χ0n) is 9.02. The zero-order valence-corrected chi connectivity index (χ0v) is 10.6. The molecule has 88 valence electrons. The van der Waals surface area contributed by atoms with Crippen LogP contribution in [0.25, 0.3) is 0 Å². The molecule has 2 heterocycles. The first-order chi connectivity index (χ1) is 6.74. The van der Waals surface area contributed by atoms with E-state index in [2.05, 4.69) is 11.8 Å². The van der Waals surface area contributed by atoms with E-state index in [-0.39, 0.29) is 18.4 Å². The number of carbonyl (C=O) groups is 1. The monoisotopic (exact) mass is 250 g/mol. The van der Waals surface area contributed by atoms with E-state index in [0.29, 0.717) is 23.7 Å². The largest absolute Gasteiger partial charge is 0.334 e. The molecule has 2 saturated heterocycles. The van der Waals surface area contributed by atoms with Crippen molar-refractivity contribution in [1.82, 2.24) is 4.90 Å². The van der Waals surface area contributed by atoms with Crippen molar-refractivity contribution in [2.75, 3.05) is 11.5 Å². The van der Waals surface area contributed by atoms with E-state index in [0.717, 1.165) is 18.6 Å². The summed E-state index contributed by atoms with van der Waals surface area (Å²) in [6.07, 6.45) is 3.31. The Kier molecular flexibility index (Phi) is 4.74. The van der Waals surface area contributed by atoms with Gasteiger partial charge in [-0.05, 0) is 25.0 Å². The molecule has 2 fully saturated rings. The van der Waals surface area contributed by atoms with E-state index in [4.69, 9.17) is 5.73 Å². The van der Waals surface area contributed by atoms with Gasteiger partial charge in [-0.2, -0.15) is 11.8 Å². The summed E-state index contributed by atoms with van der Waals surface area (Å²) in [5.41, 5.74) is 5.98. The summed E-state index contributed by atoms with van der Waals surface area (Å²) in [4.78, 5) is 13.9. The lowest BCUT2D eigenvalue weighted by molar-refractivity contribution is -0.129. The molecule has 0 aromatic heterocycles. The predicted octanol–water partition coefficient (Wildman–Crippen LogP) is 1.25. The lowest BCUT2D eigenvalue weighted by Gasteiger charge is -2.22. The topological polar surface area (TPSA) is 46.3 Å². The predicted molar refractivity (Wildman–Crippen MR) is 66.5 cm³/mol. The van der Waals surface area contributed by atoms with Gasteiger partial charge in [0, 0.05) is 18.1 Å². The number of hydrogen-bond donors (Lipinski definition) is 1. The van der Waals surface area contributed by atoms with Gasteiger partial charge in [0.05, 0.1) is 5.75 Å². The van der Waals surface area contributed by atoms with Crippen molar-refractivity contribution in [1.29, 1.82) is 0 Å². The Bertz CT molecular complexity index is 239. The average molecular weight is 251 g/mol. The Morgan fingerprint density at radius 2 is 2.27 bits per heavy atom. The summed E-state index contributed by atoms with van der Waals surface area (Å²) in [6, 6.07) is 1.05. The van der Waals surface area contributed by atoms with Crippen molar-refractivity contribution in [3.63, 3.8) is 0 Å². The molecule has 0 aromatic rings. The third kappa shape index (κ3) is 2.43. The number of hydrogen-bond acceptors (Lipinski definition) is 3. The lowest BCUT2D eigenvalue weighted by Crippen LogP contribution is -2.41. The molecule has 2 aliphatic heterocycles. The number of amides is 1. The number of thioether (sulfide) groups is 1. The van der Waals surface area contributed by atoms with Crippen molar-refractivity contribution < 1.29 is 4.79 Å². The Morgan fingerprint density at radius 1 is 1.53 bits per heavy atom. The van der Waals surface area contributed by atoms with Gasteiger partial charge in [0.25, 0.3) is 0 Å². The minimum Gasteiger partial charge on any atom is -0.334 e. The molecule has 2 bridgehead atoms. The SMILES string of the molecule is CCSCC(=O)N1[C@@H]2CC[C@H]1[C@H](N)C2.Cl. The summed E-state index contributed by atoms with van der Waals surface area (Å²) in [5, 5.41) is 0. The van der Waals surface area contributed by atoms with Gasteiger partial charge in [0.1, 0.15) is 0 Å². The second-order valence-corrected chi connectivity index (χ2v) is 5.41. The van der Waals surface area contributed by atoms with Crippen LogP contribution in [0.4, 0.5) is 0 Å². The van der Waals surface area contributed by atoms with Gasteiger partial charge in [-0.15, -0.1) is 12.4 Å². The van der Waals surface area contributed by atoms with E-state index in [1.807, 2.05) is 0 Å². The number of fused-ring (bicyclic) bond motifs is 2. The molecule has 2 N–H and O–H groups in total. The molecule has 1 amide bonds. The fourth-order valence-electron chi connectivity index (χ4n) is 2.69. The highest BCUT2D eigenvalue weighted by atomic mass is 35.5. The second kappa shape index (κ2) is 5.41. The van der Waals surface area contributed by atoms with Crippen LogP contribution in [0.5, 0.6) is 0 Å². The number of nitrogens with two attached hydrogens (primary N) is 1. The zero-order chi connectivity index (χ0) is 10.1. The maximum Gasteiger partial charge on any atom is 0.233 e. The first-order valence-electron chi connectivity index (χ1n) is 5.38. The second-order valence-electron chi connectivity index (χ2n) is 4.14. The van der Waals surface area contributed by atoms with Crippen LogP contribution in [-0.2, 0) is 4.79 Å². The first kappa shape index (κ1) is 13.1. The van der Waals surface area contributed by atoms with E-state index in [1.54, 1.807) is 11.8 Å². The van der Waals surface area contributed by atoms with Crippen molar-refractivity contribution in [2.45, 2.75) is 44.3 Å². The molecular weight excluding hydrogens is 232 g/mol. The molecule has 3 atom stereocenters. The van der Waals surface area contributed by atoms with Crippen molar-refractivity contribution >= 4 is 30.1 Å². The standard InChI is InChI=1S/C10H18N2OS.ClH/c1-2-14-6-10(13)12-7-3-4-9(12)8(11)5-7;/h7-9H,2-6,11H2,1H3;1H/t7-,8-,9+;/m1./s1. The van der Waals surface area contributed by atoms with Crippen LogP contribution < -0.4 is 5.73 Å². The van der Waals surface area contributed by atoms with Gasteiger partial charge in [0.15, 0.2) is 0 Å². The minimum absolute atomic E-state index is 0. The highest BCUT2D eigenvalue weighted by Crippen LogP contribution is 2.36. The van der Waals surface area contributed by atoms with E-state index < -0.39 is 0 Å². The summed E-state index contributed by atoms with van der Waals surface area (Å²) in [6.45, 7) is 2.09. The van der Waals surface area contributed by atoms with Crippen LogP contribution in [0.1, 0.15) is 26.2 Å². The van der Waals surface area contributed by atoms with Gasteiger partial charge in [0.2, 0.25) is 5.91 Å². The quantitative estimate of drug-likeness (QED) is 0.820.